The van der Waals surface area contributed by atoms with Crippen LogP contribution in [0.15, 0.2) is 35.7 Å². The molecule has 0 spiro atoms. The van der Waals surface area contributed by atoms with Crippen LogP contribution in [0.25, 0.3) is 0 Å². The van der Waals surface area contributed by atoms with E-state index in [1.54, 1.807) is 0 Å². The van der Waals surface area contributed by atoms with Gasteiger partial charge in [-0.05, 0) is 94.2 Å². The topological polar surface area (TPSA) is 108 Å². The molecule has 0 radical (unpaired) electrons. The standard InChI is InChI=1S/C22H32O2S.3CH5N/c1-3-8-20-17-18(11-13-21(20)24-15-6-5-14-23)10-12-19(4-2)22-9-7-16-25-22;3*1-2/h7,9,11,13,16-17,19,23H,3-6,8,10,12,14-15H2,1-2H3;3*2H2,1H3. The van der Waals surface area contributed by atoms with Crippen LogP contribution >= 0.6 is 11.3 Å². The van der Waals surface area contributed by atoms with E-state index in [1.165, 1.54) is 50.0 Å². The van der Waals surface area contributed by atoms with Gasteiger partial charge in [-0.2, -0.15) is 0 Å². The Morgan fingerprint density at radius 3 is 2.23 bits per heavy atom. The maximum atomic E-state index is 8.88. The van der Waals surface area contributed by atoms with E-state index in [0.29, 0.717) is 12.5 Å². The third kappa shape index (κ3) is 13.6. The smallest absolute Gasteiger partial charge is 0.122 e. The first kappa shape index (κ1) is 31.7. The number of ether oxygens (including phenoxy) is 1. The fourth-order valence-corrected chi connectivity index (χ4v) is 4.15. The quantitative estimate of drug-likeness (QED) is 0.348. The molecule has 2 rings (SSSR count). The van der Waals surface area contributed by atoms with E-state index in [0.717, 1.165) is 37.9 Å². The van der Waals surface area contributed by atoms with Crippen molar-refractivity contribution in [1.29, 1.82) is 0 Å². The van der Waals surface area contributed by atoms with Crippen LogP contribution in [0.4, 0.5) is 0 Å². The maximum Gasteiger partial charge on any atom is 0.122 e. The zero-order chi connectivity index (χ0) is 23.9. The minimum absolute atomic E-state index is 0.243. The van der Waals surface area contributed by atoms with E-state index in [2.05, 4.69) is 66.8 Å². The third-order valence-corrected chi connectivity index (χ3v) is 5.71. The van der Waals surface area contributed by atoms with Crippen molar-refractivity contribution in [1.82, 2.24) is 0 Å². The second-order valence-electron chi connectivity index (χ2n) is 6.63. The Kier molecular flexibility index (Phi) is 23.8. The summed E-state index contributed by atoms with van der Waals surface area (Å²) in [5.74, 6) is 1.69. The molecule has 1 aromatic carbocycles. The number of benzene rings is 1. The Hall–Kier alpha value is -1.44. The van der Waals surface area contributed by atoms with Gasteiger partial charge >= 0.3 is 0 Å². The van der Waals surface area contributed by atoms with Crippen molar-refractivity contribution in [2.75, 3.05) is 34.4 Å². The van der Waals surface area contributed by atoms with Crippen molar-refractivity contribution < 1.29 is 9.84 Å². The molecule has 0 saturated heterocycles. The number of hydrogen-bond acceptors (Lipinski definition) is 6. The van der Waals surface area contributed by atoms with Crippen LogP contribution in [0.3, 0.4) is 0 Å². The number of thiophene rings is 1. The number of aliphatic hydroxyl groups is 1. The molecular weight excluding hydrogens is 406 g/mol. The number of hydrogen-bond donors (Lipinski definition) is 4. The lowest BCUT2D eigenvalue weighted by molar-refractivity contribution is 0.252. The second-order valence-corrected chi connectivity index (χ2v) is 7.61. The molecule has 0 fully saturated rings. The minimum Gasteiger partial charge on any atom is -0.493 e. The highest BCUT2D eigenvalue weighted by Gasteiger charge is 2.11. The molecule has 1 unspecified atom stereocenters. The lowest BCUT2D eigenvalue weighted by Crippen LogP contribution is -2.03. The molecule has 6 heteroatoms. The van der Waals surface area contributed by atoms with E-state index < -0.39 is 0 Å². The Bertz CT molecular complexity index is 607. The van der Waals surface area contributed by atoms with Gasteiger partial charge in [0.2, 0.25) is 0 Å². The molecule has 7 N–H and O–H groups in total. The summed E-state index contributed by atoms with van der Waals surface area (Å²) in [5.41, 5.74) is 16.2. The van der Waals surface area contributed by atoms with Crippen molar-refractivity contribution in [2.45, 2.75) is 64.7 Å². The molecule has 0 aliphatic heterocycles. The molecule has 1 heterocycles. The minimum atomic E-state index is 0.243. The van der Waals surface area contributed by atoms with Crippen LogP contribution < -0.4 is 21.9 Å². The largest absolute Gasteiger partial charge is 0.493 e. The molecule has 5 nitrogen and oxygen atoms in total. The monoisotopic (exact) mass is 453 g/mol. The second kappa shape index (κ2) is 23.2. The third-order valence-electron chi connectivity index (χ3n) is 4.67. The average Bonchev–Trinajstić information content (AvgIpc) is 3.37. The predicted molar refractivity (Wildman–Crippen MR) is 138 cm³/mol. The van der Waals surface area contributed by atoms with Gasteiger partial charge in [-0.25, -0.2) is 0 Å². The summed E-state index contributed by atoms with van der Waals surface area (Å²) in [6, 6.07) is 11.1. The van der Waals surface area contributed by atoms with Gasteiger partial charge in [0, 0.05) is 11.5 Å². The molecule has 1 aromatic heterocycles. The Balaban J connectivity index is 0. The summed E-state index contributed by atoms with van der Waals surface area (Å²) in [4.78, 5) is 1.51. The van der Waals surface area contributed by atoms with Crippen LogP contribution in [0.1, 0.15) is 67.9 Å². The normalized spacial score (nSPS) is 10.5. The summed E-state index contributed by atoms with van der Waals surface area (Å²) in [6.45, 7) is 5.43. The van der Waals surface area contributed by atoms with Crippen LogP contribution in [-0.4, -0.2) is 39.5 Å². The van der Waals surface area contributed by atoms with E-state index in [4.69, 9.17) is 9.84 Å². The number of nitrogens with two attached hydrogens (primary N) is 3. The molecule has 2 aromatic rings. The molecule has 180 valence electrons. The highest BCUT2D eigenvalue weighted by molar-refractivity contribution is 7.10. The molecule has 31 heavy (non-hydrogen) atoms. The Morgan fingerprint density at radius 2 is 1.68 bits per heavy atom. The van der Waals surface area contributed by atoms with Gasteiger partial charge in [-0.15, -0.1) is 11.3 Å². The average molecular weight is 454 g/mol. The first-order valence-corrected chi connectivity index (χ1v) is 12.3. The molecule has 0 amide bonds. The van der Waals surface area contributed by atoms with Crippen molar-refractivity contribution in [2.24, 2.45) is 17.2 Å². The fraction of sp³-hybridized carbons (Fsp3) is 0.600. The predicted octanol–water partition coefficient (Wildman–Crippen LogP) is 4.70. The lowest BCUT2D eigenvalue weighted by Gasteiger charge is -2.15. The van der Waals surface area contributed by atoms with Crippen LogP contribution in [0, 0.1) is 0 Å². The number of aliphatic hydroxyl groups excluding tert-OH is 1. The van der Waals surface area contributed by atoms with E-state index in [9.17, 15) is 0 Å². The molecule has 0 saturated carbocycles. The number of rotatable bonds is 12. The van der Waals surface area contributed by atoms with Crippen molar-refractivity contribution >= 4 is 11.3 Å². The Morgan fingerprint density at radius 1 is 0.968 bits per heavy atom. The van der Waals surface area contributed by atoms with Crippen LogP contribution in [0.5, 0.6) is 5.75 Å². The fourth-order valence-electron chi connectivity index (χ4n) is 3.20. The first-order chi connectivity index (χ1) is 15.3. The van der Waals surface area contributed by atoms with E-state index in [1.807, 2.05) is 11.3 Å². The SMILES string of the molecule is CCCc1cc(CCC(CC)c2cccs2)ccc1OCCCCO.CN.CN.CN. The molecule has 0 aliphatic rings. The van der Waals surface area contributed by atoms with Crippen LogP contribution in [0.2, 0.25) is 0 Å². The zero-order valence-corrected chi connectivity index (χ0v) is 21.2. The Labute approximate surface area is 195 Å². The summed E-state index contributed by atoms with van der Waals surface area (Å²) < 4.78 is 5.94. The van der Waals surface area contributed by atoms with Crippen molar-refractivity contribution in [3.63, 3.8) is 0 Å². The van der Waals surface area contributed by atoms with E-state index in [-0.39, 0.29) is 6.61 Å². The van der Waals surface area contributed by atoms with Gasteiger partial charge in [0.15, 0.2) is 0 Å². The van der Waals surface area contributed by atoms with Gasteiger partial charge < -0.3 is 27.0 Å². The van der Waals surface area contributed by atoms with Crippen molar-refractivity contribution in [3.05, 3.63) is 51.7 Å². The summed E-state index contributed by atoms with van der Waals surface area (Å²) in [7, 11) is 4.50. The van der Waals surface area contributed by atoms with Gasteiger partial charge in [-0.1, -0.05) is 38.5 Å². The number of aryl methyl sites for hydroxylation is 2. The summed E-state index contributed by atoms with van der Waals surface area (Å²) in [6.07, 6.45) is 7.44. The highest BCUT2D eigenvalue weighted by atomic mass is 32.1. The van der Waals surface area contributed by atoms with E-state index >= 15 is 0 Å². The molecule has 0 bridgehead atoms. The van der Waals surface area contributed by atoms with Gasteiger partial charge in [0.25, 0.3) is 0 Å². The van der Waals surface area contributed by atoms with Crippen molar-refractivity contribution in [3.8, 4) is 5.75 Å². The highest BCUT2D eigenvalue weighted by Crippen LogP contribution is 2.30. The lowest BCUT2D eigenvalue weighted by atomic mass is 9.94. The molecular formula is C25H47N3O2S. The number of unbranched alkanes of at least 4 members (excludes halogenated alkanes) is 1. The van der Waals surface area contributed by atoms with Gasteiger partial charge in [-0.3, -0.25) is 0 Å². The zero-order valence-electron chi connectivity index (χ0n) is 20.4. The molecule has 1 atom stereocenters. The molecule has 0 aliphatic carbocycles. The van der Waals surface area contributed by atoms with Gasteiger partial charge in [0.05, 0.1) is 6.61 Å². The summed E-state index contributed by atoms with van der Waals surface area (Å²) in [5, 5.41) is 11.1. The maximum absolute atomic E-state index is 8.88. The van der Waals surface area contributed by atoms with Crippen LogP contribution in [-0.2, 0) is 12.8 Å². The summed E-state index contributed by atoms with van der Waals surface area (Å²) >= 11 is 1.88. The first-order valence-electron chi connectivity index (χ1n) is 11.4. The van der Waals surface area contributed by atoms with Gasteiger partial charge in [0.1, 0.15) is 5.75 Å².